The summed E-state index contributed by atoms with van der Waals surface area (Å²) in [6.07, 6.45) is 6.76. The third-order valence-electron chi connectivity index (χ3n) is 15.0. The summed E-state index contributed by atoms with van der Waals surface area (Å²) in [4.78, 5) is 0. The Bertz CT molecular complexity index is 4250. The first-order chi connectivity index (χ1) is 35.2. The molecule has 0 unspecified atom stereocenters. The predicted octanol–water partition coefficient (Wildman–Crippen LogP) is 19.7. The van der Waals surface area contributed by atoms with Crippen molar-refractivity contribution in [3.8, 4) is 66.8 Å². The second kappa shape index (κ2) is 16.9. The molecule has 1 heterocycles. The molecule has 13 aromatic rings. The molecule has 0 spiro atoms. The maximum absolute atomic E-state index is 6.64. The van der Waals surface area contributed by atoms with Crippen LogP contribution in [0.15, 0.2) is 259 Å². The van der Waals surface area contributed by atoms with Gasteiger partial charge in [0.15, 0.2) is 0 Å². The third-order valence-corrected chi connectivity index (χ3v) is 15.0. The zero-order valence-electron chi connectivity index (χ0n) is 39.1. The molecule has 1 nitrogen and oxygen atoms in total. The summed E-state index contributed by atoms with van der Waals surface area (Å²) in [5, 5.41) is 9.81. The molecule has 0 saturated carbocycles. The van der Waals surface area contributed by atoms with Crippen LogP contribution in [0.25, 0.3) is 132 Å². The van der Waals surface area contributed by atoms with Crippen molar-refractivity contribution in [2.75, 3.05) is 0 Å². The first-order valence-electron chi connectivity index (χ1n) is 24.8. The minimum Gasteiger partial charge on any atom is -0.455 e. The molecule has 0 atom stereocenters. The number of fused-ring (bicyclic) bond motifs is 3. The number of allylic oxidation sites excluding steroid dienone is 4. The van der Waals surface area contributed by atoms with E-state index in [9.17, 15) is 0 Å². The summed E-state index contributed by atoms with van der Waals surface area (Å²) in [6.45, 7) is 0. The van der Waals surface area contributed by atoms with Crippen LogP contribution in [0, 0.1) is 0 Å². The average Bonchev–Trinajstić information content (AvgIpc) is 3.84. The number of rotatable bonds is 8. The van der Waals surface area contributed by atoms with Gasteiger partial charge in [-0.15, -0.1) is 0 Å². The van der Waals surface area contributed by atoms with E-state index in [4.69, 9.17) is 4.42 Å². The lowest BCUT2D eigenvalue weighted by Gasteiger charge is -2.24. The van der Waals surface area contributed by atoms with Gasteiger partial charge in [0, 0.05) is 16.3 Å². The standard InChI is InChI=1S/C70H46O/c1-4-20-45(21-5-1)50-28-10-13-31-54(50)64-43-63(49-27-18-26-48(42-49)53-35-19-36-62-57-34-16-17-37-67(57)71-70(53)62)58-38-39-60-65(55-32-14-11-29-51(55)46-22-6-2-7-23-46)44-66(61-41-40-59(64)68(58)69(60)61)56-33-15-12-30-52(56)47-24-8-3-9-25-47/h1-11,13-29,31-44H,12,30H2. The largest absolute Gasteiger partial charge is 0.455 e. The summed E-state index contributed by atoms with van der Waals surface area (Å²) in [7, 11) is 0. The van der Waals surface area contributed by atoms with E-state index in [1.807, 2.05) is 6.07 Å². The highest BCUT2D eigenvalue weighted by Crippen LogP contribution is 2.51. The fraction of sp³-hybridized carbons (Fsp3) is 0.0286. The van der Waals surface area contributed by atoms with Crippen LogP contribution in [0.3, 0.4) is 0 Å². The predicted molar refractivity (Wildman–Crippen MR) is 302 cm³/mol. The molecule has 1 aliphatic rings. The number of benzene rings is 12. The molecule has 332 valence electrons. The molecule has 0 aliphatic heterocycles. The highest BCUT2D eigenvalue weighted by molar-refractivity contribution is 6.32. The summed E-state index contributed by atoms with van der Waals surface area (Å²) < 4.78 is 6.64. The van der Waals surface area contributed by atoms with Gasteiger partial charge >= 0.3 is 0 Å². The van der Waals surface area contributed by atoms with Crippen LogP contribution in [0.2, 0.25) is 0 Å². The highest BCUT2D eigenvalue weighted by atomic mass is 16.3. The lowest BCUT2D eigenvalue weighted by atomic mass is 9.79. The number of furan rings is 1. The Kier molecular flexibility index (Phi) is 9.74. The van der Waals surface area contributed by atoms with Crippen LogP contribution in [0.5, 0.6) is 0 Å². The van der Waals surface area contributed by atoms with Gasteiger partial charge < -0.3 is 4.42 Å². The van der Waals surface area contributed by atoms with Gasteiger partial charge in [-0.05, 0) is 153 Å². The molecule has 12 aromatic carbocycles. The monoisotopic (exact) mass is 902 g/mol. The Hall–Kier alpha value is -9.04. The minimum atomic E-state index is 0.903. The second-order valence-corrected chi connectivity index (χ2v) is 18.9. The van der Waals surface area contributed by atoms with Gasteiger partial charge in [-0.3, -0.25) is 0 Å². The van der Waals surface area contributed by atoms with E-state index in [0.717, 1.165) is 51.5 Å². The molecule has 1 aromatic heterocycles. The zero-order chi connectivity index (χ0) is 46.8. The molecule has 0 saturated heterocycles. The Morgan fingerprint density at radius 1 is 0.282 bits per heavy atom. The van der Waals surface area contributed by atoms with E-state index in [1.165, 1.54) is 105 Å². The average molecular weight is 903 g/mol. The SMILES string of the molecule is C1=CC(c2cc(-c3ccccc3-c3ccccc3)c3ccc4c(-c5cccc(-c6cccc7c6oc6ccccc67)c5)cc(-c5ccccc5-c5ccccc5)c5ccc2c3c45)=C(c2ccccc2)CC1. The molecule has 0 N–H and O–H groups in total. The van der Waals surface area contributed by atoms with Crippen molar-refractivity contribution in [1.29, 1.82) is 0 Å². The topological polar surface area (TPSA) is 13.1 Å². The number of hydrogen-bond donors (Lipinski definition) is 0. The second-order valence-electron chi connectivity index (χ2n) is 18.9. The van der Waals surface area contributed by atoms with Crippen molar-refractivity contribution >= 4 is 65.4 Å². The maximum Gasteiger partial charge on any atom is 0.143 e. The minimum absolute atomic E-state index is 0.903. The van der Waals surface area contributed by atoms with Crippen LogP contribution in [0.1, 0.15) is 24.0 Å². The van der Waals surface area contributed by atoms with Crippen molar-refractivity contribution in [3.63, 3.8) is 0 Å². The quantitative estimate of drug-likeness (QED) is 0.139. The summed E-state index contributed by atoms with van der Waals surface area (Å²) in [6, 6.07) is 89.3. The molecule has 71 heavy (non-hydrogen) atoms. The van der Waals surface area contributed by atoms with Crippen LogP contribution < -0.4 is 0 Å². The third kappa shape index (κ3) is 6.77. The molecule has 14 rings (SSSR count). The number of para-hydroxylation sites is 2. The number of hydrogen-bond acceptors (Lipinski definition) is 1. The van der Waals surface area contributed by atoms with Gasteiger partial charge in [-0.1, -0.05) is 231 Å². The van der Waals surface area contributed by atoms with E-state index in [0.29, 0.717) is 0 Å². The molecule has 1 heteroatoms. The van der Waals surface area contributed by atoms with Crippen LogP contribution in [-0.2, 0) is 0 Å². The first kappa shape index (κ1) is 41.0. The normalized spacial score (nSPS) is 12.8. The lowest BCUT2D eigenvalue weighted by Crippen LogP contribution is -1.99. The van der Waals surface area contributed by atoms with Crippen molar-refractivity contribution in [2.45, 2.75) is 12.8 Å². The molecule has 1 aliphatic carbocycles. The zero-order valence-corrected chi connectivity index (χ0v) is 39.1. The Morgan fingerprint density at radius 2 is 0.732 bits per heavy atom. The Morgan fingerprint density at radius 3 is 1.37 bits per heavy atom. The van der Waals surface area contributed by atoms with Crippen LogP contribution in [0.4, 0.5) is 0 Å². The van der Waals surface area contributed by atoms with E-state index < -0.39 is 0 Å². The van der Waals surface area contributed by atoms with Gasteiger partial charge in [0.2, 0.25) is 0 Å². The van der Waals surface area contributed by atoms with Gasteiger partial charge in [0.05, 0.1) is 0 Å². The van der Waals surface area contributed by atoms with Crippen molar-refractivity contribution in [3.05, 3.63) is 266 Å². The van der Waals surface area contributed by atoms with Crippen molar-refractivity contribution < 1.29 is 4.42 Å². The lowest BCUT2D eigenvalue weighted by molar-refractivity contribution is 0.670. The van der Waals surface area contributed by atoms with Gasteiger partial charge in [-0.2, -0.15) is 0 Å². The Labute approximate surface area is 413 Å². The smallest absolute Gasteiger partial charge is 0.143 e. The fourth-order valence-electron chi connectivity index (χ4n) is 11.8. The van der Waals surface area contributed by atoms with Crippen LogP contribution in [-0.4, -0.2) is 0 Å². The van der Waals surface area contributed by atoms with Crippen molar-refractivity contribution in [2.24, 2.45) is 0 Å². The maximum atomic E-state index is 6.64. The molecule has 0 bridgehead atoms. The molecule has 0 radical (unpaired) electrons. The Balaban J connectivity index is 1.11. The van der Waals surface area contributed by atoms with Gasteiger partial charge in [0.1, 0.15) is 11.2 Å². The fourth-order valence-corrected chi connectivity index (χ4v) is 11.8. The molecular weight excluding hydrogens is 857 g/mol. The van der Waals surface area contributed by atoms with Crippen LogP contribution >= 0.6 is 0 Å². The molecular formula is C70H46O. The van der Waals surface area contributed by atoms with E-state index >= 15 is 0 Å². The van der Waals surface area contributed by atoms with Crippen molar-refractivity contribution in [1.82, 2.24) is 0 Å². The van der Waals surface area contributed by atoms with Gasteiger partial charge in [-0.25, -0.2) is 0 Å². The molecule has 0 amide bonds. The first-order valence-corrected chi connectivity index (χ1v) is 24.8. The summed E-state index contributed by atoms with van der Waals surface area (Å²) in [5.74, 6) is 0. The highest BCUT2D eigenvalue weighted by Gasteiger charge is 2.25. The van der Waals surface area contributed by atoms with E-state index in [2.05, 4.69) is 249 Å². The summed E-state index contributed by atoms with van der Waals surface area (Å²) >= 11 is 0. The molecule has 0 fully saturated rings. The van der Waals surface area contributed by atoms with Gasteiger partial charge in [0.25, 0.3) is 0 Å². The summed E-state index contributed by atoms with van der Waals surface area (Å²) in [5.41, 5.74) is 21.3. The van der Waals surface area contributed by atoms with E-state index in [1.54, 1.807) is 0 Å². The van der Waals surface area contributed by atoms with E-state index in [-0.39, 0.29) is 0 Å².